The van der Waals surface area contributed by atoms with Crippen molar-refractivity contribution in [1.82, 2.24) is 4.98 Å². The van der Waals surface area contributed by atoms with Crippen LogP contribution in [-0.2, 0) is 0 Å². The lowest BCUT2D eigenvalue weighted by molar-refractivity contribution is 0.273. The fourth-order valence-corrected chi connectivity index (χ4v) is 3.76. The molecule has 0 fully saturated rings. The highest BCUT2D eigenvalue weighted by Crippen LogP contribution is 2.39. The largest absolute Gasteiger partial charge is 0.491 e. The highest BCUT2D eigenvalue weighted by atomic mass is 32.1. The van der Waals surface area contributed by atoms with Crippen molar-refractivity contribution in [1.29, 1.82) is 0 Å². The lowest BCUT2D eigenvalue weighted by Crippen LogP contribution is -1.98. The summed E-state index contributed by atoms with van der Waals surface area (Å²) in [5.41, 5.74) is 2.21. The summed E-state index contributed by atoms with van der Waals surface area (Å²) in [7, 11) is 0. The predicted molar refractivity (Wildman–Crippen MR) is 82.7 cm³/mol. The lowest BCUT2D eigenvalue weighted by atomic mass is 10.2. The summed E-state index contributed by atoms with van der Waals surface area (Å²) < 4.78 is 20.0. The zero-order valence-electron chi connectivity index (χ0n) is 10.7. The molecular formula is C16H12FNOS. The number of H-pyrrole nitrogens is 1. The van der Waals surface area contributed by atoms with Gasteiger partial charge in [0.2, 0.25) is 0 Å². The van der Waals surface area contributed by atoms with Gasteiger partial charge in [0, 0.05) is 21.5 Å². The first kappa shape index (κ1) is 11.7. The zero-order valence-corrected chi connectivity index (χ0v) is 11.5. The number of ether oxygens (including phenoxy) is 1. The molecule has 0 bridgehead atoms. The number of fused-ring (bicyclic) bond motifs is 5. The van der Waals surface area contributed by atoms with Crippen LogP contribution < -0.4 is 4.74 Å². The van der Waals surface area contributed by atoms with Crippen LogP contribution in [0.5, 0.6) is 5.75 Å². The summed E-state index contributed by atoms with van der Waals surface area (Å²) in [6.45, 7) is -0.369. The van der Waals surface area contributed by atoms with Crippen molar-refractivity contribution in [2.24, 2.45) is 0 Å². The quantitative estimate of drug-likeness (QED) is 0.570. The molecule has 0 saturated carbocycles. The van der Waals surface area contributed by atoms with Gasteiger partial charge in [0.15, 0.2) is 0 Å². The van der Waals surface area contributed by atoms with Gasteiger partial charge in [0.1, 0.15) is 19.0 Å². The Hall–Kier alpha value is -2.07. The summed E-state index contributed by atoms with van der Waals surface area (Å²) in [5.74, 6) is 0.702. The molecule has 0 aliphatic heterocycles. The van der Waals surface area contributed by atoms with E-state index in [1.807, 2.05) is 18.2 Å². The van der Waals surface area contributed by atoms with E-state index < -0.39 is 6.67 Å². The Kier molecular flexibility index (Phi) is 2.63. The molecule has 20 heavy (non-hydrogen) atoms. The van der Waals surface area contributed by atoms with Crippen LogP contribution in [0.25, 0.3) is 31.2 Å². The highest BCUT2D eigenvalue weighted by molar-refractivity contribution is 7.26. The van der Waals surface area contributed by atoms with Gasteiger partial charge in [0.25, 0.3) is 0 Å². The van der Waals surface area contributed by atoms with E-state index in [0.29, 0.717) is 5.75 Å². The predicted octanol–water partition coefficient (Wildman–Crippen LogP) is 4.88. The van der Waals surface area contributed by atoms with E-state index in [0.717, 1.165) is 5.52 Å². The molecule has 2 aromatic heterocycles. The second kappa shape index (κ2) is 4.49. The molecule has 1 N–H and O–H groups in total. The lowest BCUT2D eigenvalue weighted by Gasteiger charge is -2.02. The molecule has 0 amide bonds. The molecule has 2 nitrogen and oxygen atoms in total. The molecule has 4 rings (SSSR count). The van der Waals surface area contributed by atoms with Crippen molar-refractivity contribution in [3.63, 3.8) is 0 Å². The Labute approximate surface area is 118 Å². The van der Waals surface area contributed by atoms with Crippen LogP contribution in [0.3, 0.4) is 0 Å². The number of hydrogen-bond donors (Lipinski definition) is 1. The fraction of sp³-hybridized carbons (Fsp3) is 0.125. The number of aromatic amines is 1. The van der Waals surface area contributed by atoms with Gasteiger partial charge in [-0.05, 0) is 18.2 Å². The van der Waals surface area contributed by atoms with Crippen molar-refractivity contribution in [3.8, 4) is 5.75 Å². The minimum atomic E-state index is -0.470. The average Bonchev–Trinajstić information content (AvgIpc) is 3.00. The highest BCUT2D eigenvalue weighted by Gasteiger charge is 2.11. The first-order valence-electron chi connectivity index (χ1n) is 6.48. The summed E-state index contributed by atoms with van der Waals surface area (Å²) in [4.78, 5) is 3.45. The van der Waals surface area contributed by atoms with Gasteiger partial charge >= 0.3 is 0 Å². The number of thiophene rings is 1. The van der Waals surface area contributed by atoms with Crippen molar-refractivity contribution >= 4 is 42.5 Å². The normalized spacial score (nSPS) is 11.7. The van der Waals surface area contributed by atoms with Crippen molar-refractivity contribution < 1.29 is 9.13 Å². The molecule has 0 aliphatic rings. The third kappa shape index (κ3) is 1.68. The van der Waals surface area contributed by atoms with Gasteiger partial charge < -0.3 is 9.72 Å². The number of halogens is 1. The van der Waals surface area contributed by atoms with Gasteiger partial charge in [-0.2, -0.15) is 0 Å². The Morgan fingerprint density at radius 3 is 2.90 bits per heavy atom. The van der Waals surface area contributed by atoms with E-state index in [1.54, 1.807) is 11.3 Å². The topological polar surface area (TPSA) is 25.0 Å². The summed E-state index contributed by atoms with van der Waals surface area (Å²) in [5, 5.41) is 2.43. The van der Waals surface area contributed by atoms with E-state index in [4.69, 9.17) is 4.74 Å². The second-order valence-corrected chi connectivity index (χ2v) is 5.72. The monoisotopic (exact) mass is 285 g/mol. The molecule has 0 aliphatic carbocycles. The van der Waals surface area contributed by atoms with Gasteiger partial charge in [-0.3, -0.25) is 0 Å². The van der Waals surface area contributed by atoms with E-state index in [-0.39, 0.29) is 6.61 Å². The minimum Gasteiger partial charge on any atom is -0.491 e. The molecule has 0 radical (unpaired) electrons. The van der Waals surface area contributed by atoms with Crippen LogP contribution in [0.15, 0.2) is 42.5 Å². The molecular weight excluding hydrogens is 273 g/mol. The third-order valence-corrected chi connectivity index (χ3v) is 4.64. The Morgan fingerprint density at radius 1 is 1.10 bits per heavy atom. The summed E-state index contributed by atoms with van der Waals surface area (Å²) in [6, 6.07) is 14.3. The molecule has 2 heterocycles. The maximum atomic E-state index is 12.2. The number of nitrogens with one attached hydrogen (secondary N) is 1. The first-order chi connectivity index (χ1) is 9.86. The smallest absolute Gasteiger partial charge is 0.123 e. The molecule has 2 aromatic carbocycles. The SMILES string of the molecule is FCCOc1ccc2c(c1)[nH]c1c3ccccc3sc21. The molecule has 0 unspecified atom stereocenters. The van der Waals surface area contributed by atoms with Crippen LogP contribution in [0.4, 0.5) is 4.39 Å². The van der Waals surface area contributed by atoms with Gasteiger partial charge in [-0.15, -0.1) is 11.3 Å². The van der Waals surface area contributed by atoms with Crippen LogP contribution in [-0.4, -0.2) is 18.3 Å². The van der Waals surface area contributed by atoms with Gasteiger partial charge in [0.05, 0.1) is 15.7 Å². The summed E-state index contributed by atoms with van der Waals surface area (Å²) >= 11 is 1.79. The molecule has 0 saturated heterocycles. The van der Waals surface area contributed by atoms with Gasteiger partial charge in [-0.25, -0.2) is 4.39 Å². The van der Waals surface area contributed by atoms with Gasteiger partial charge in [-0.1, -0.05) is 18.2 Å². The minimum absolute atomic E-state index is 0.101. The van der Waals surface area contributed by atoms with E-state index >= 15 is 0 Å². The van der Waals surface area contributed by atoms with Crippen LogP contribution in [0.2, 0.25) is 0 Å². The van der Waals surface area contributed by atoms with Crippen LogP contribution in [0.1, 0.15) is 0 Å². The molecule has 4 aromatic rings. The Balaban J connectivity index is 1.95. The first-order valence-corrected chi connectivity index (χ1v) is 7.30. The zero-order chi connectivity index (χ0) is 13.5. The molecule has 0 atom stereocenters. The Morgan fingerprint density at radius 2 is 2.00 bits per heavy atom. The number of alkyl halides is 1. The molecule has 100 valence electrons. The van der Waals surface area contributed by atoms with E-state index in [1.165, 1.54) is 25.7 Å². The van der Waals surface area contributed by atoms with E-state index in [2.05, 4.69) is 29.2 Å². The number of rotatable bonds is 3. The van der Waals surface area contributed by atoms with Crippen molar-refractivity contribution in [2.75, 3.05) is 13.3 Å². The van der Waals surface area contributed by atoms with Crippen LogP contribution >= 0.6 is 11.3 Å². The summed E-state index contributed by atoms with van der Waals surface area (Å²) in [6.07, 6.45) is 0. The number of aromatic nitrogens is 1. The van der Waals surface area contributed by atoms with Crippen molar-refractivity contribution in [2.45, 2.75) is 0 Å². The van der Waals surface area contributed by atoms with E-state index in [9.17, 15) is 4.39 Å². The standard InChI is InChI=1S/C16H12FNOS/c17-7-8-19-10-5-6-11-13(9-10)18-15-12-3-1-2-4-14(12)20-16(11)15/h1-6,9,18H,7-8H2. The van der Waals surface area contributed by atoms with Crippen molar-refractivity contribution in [3.05, 3.63) is 42.5 Å². The maximum Gasteiger partial charge on any atom is 0.123 e. The number of benzene rings is 2. The Bertz CT molecular complexity index is 909. The fourth-order valence-electron chi connectivity index (χ4n) is 2.56. The third-order valence-electron chi connectivity index (χ3n) is 3.44. The second-order valence-electron chi connectivity index (χ2n) is 4.67. The average molecular weight is 285 g/mol. The molecule has 0 spiro atoms. The molecule has 4 heteroatoms. The number of hydrogen-bond acceptors (Lipinski definition) is 2. The van der Waals surface area contributed by atoms with Crippen LogP contribution in [0, 0.1) is 0 Å². The maximum absolute atomic E-state index is 12.2.